The van der Waals surface area contributed by atoms with Crippen LogP contribution in [-0.2, 0) is 7.05 Å². The predicted octanol–water partition coefficient (Wildman–Crippen LogP) is 1.82. The van der Waals surface area contributed by atoms with E-state index in [-0.39, 0.29) is 5.56 Å². The van der Waals surface area contributed by atoms with E-state index in [1.807, 2.05) is 0 Å². The van der Waals surface area contributed by atoms with E-state index < -0.39 is 11.7 Å². The number of anilines is 1. The molecule has 0 spiro atoms. The van der Waals surface area contributed by atoms with E-state index in [2.05, 4.69) is 10.3 Å². The lowest BCUT2D eigenvalue weighted by atomic mass is 10.2. The Bertz CT molecular complexity index is 580. The van der Waals surface area contributed by atoms with Gasteiger partial charge in [-0.15, -0.1) is 0 Å². The lowest BCUT2D eigenvalue weighted by molar-refractivity contribution is 0.102. The third-order valence-corrected chi connectivity index (χ3v) is 2.45. The molecule has 1 aromatic heterocycles. The molecule has 5 nitrogen and oxygen atoms in total. The van der Waals surface area contributed by atoms with E-state index in [1.165, 1.54) is 19.2 Å². The number of amides is 1. The average molecular weight is 249 g/mol. The van der Waals surface area contributed by atoms with Crippen molar-refractivity contribution >= 4 is 11.9 Å². The maximum Gasteiger partial charge on any atom is 0.261 e. The normalized spacial score (nSPS) is 10.2. The number of halogens is 1. The molecule has 1 amide bonds. The Morgan fingerprint density at radius 1 is 1.50 bits per heavy atom. The van der Waals surface area contributed by atoms with Crippen molar-refractivity contribution in [1.29, 1.82) is 0 Å². The highest BCUT2D eigenvalue weighted by molar-refractivity contribution is 6.05. The molecule has 1 N–H and O–H groups in total. The van der Waals surface area contributed by atoms with Gasteiger partial charge < -0.3 is 9.30 Å². The summed E-state index contributed by atoms with van der Waals surface area (Å²) in [5, 5.41) is 2.57. The van der Waals surface area contributed by atoms with Crippen molar-refractivity contribution in [3.63, 3.8) is 0 Å². The standard InChI is InChI=1S/C12H12FN3O2/c1-16-6-5-14-12(16)15-11(17)9-7-8(13)3-4-10(9)18-2/h3-7H,1-2H3,(H,14,15,17). The molecule has 0 saturated carbocycles. The van der Waals surface area contributed by atoms with E-state index >= 15 is 0 Å². The lowest BCUT2D eigenvalue weighted by Crippen LogP contribution is -2.16. The molecule has 0 aliphatic heterocycles. The van der Waals surface area contributed by atoms with Gasteiger partial charge in [-0.25, -0.2) is 9.37 Å². The highest BCUT2D eigenvalue weighted by Gasteiger charge is 2.15. The first-order valence-electron chi connectivity index (χ1n) is 5.24. The van der Waals surface area contributed by atoms with Gasteiger partial charge in [0.1, 0.15) is 11.6 Å². The highest BCUT2D eigenvalue weighted by Crippen LogP contribution is 2.20. The van der Waals surface area contributed by atoms with Crippen LogP contribution in [0, 0.1) is 5.82 Å². The second-order valence-corrected chi connectivity index (χ2v) is 3.66. The van der Waals surface area contributed by atoms with E-state index in [4.69, 9.17) is 4.74 Å². The van der Waals surface area contributed by atoms with Crippen molar-refractivity contribution in [3.8, 4) is 5.75 Å². The van der Waals surface area contributed by atoms with Gasteiger partial charge in [0.15, 0.2) is 0 Å². The van der Waals surface area contributed by atoms with Crippen LogP contribution in [0.3, 0.4) is 0 Å². The van der Waals surface area contributed by atoms with Gasteiger partial charge in [0, 0.05) is 19.4 Å². The molecule has 0 saturated heterocycles. The molecule has 0 fully saturated rings. The number of hydrogen-bond acceptors (Lipinski definition) is 3. The van der Waals surface area contributed by atoms with Crippen LogP contribution in [0.2, 0.25) is 0 Å². The summed E-state index contributed by atoms with van der Waals surface area (Å²) in [6.07, 6.45) is 3.25. The first-order chi connectivity index (χ1) is 8.61. The van der Waals surface area contributed by atoms with Gasteiger partial charge in [-0.3, -0.25) is 10.1 Å². The van der Waals surface area contributed by atoms with Crippen LogP contribution < -0.4 is 10.1 Å². The molecule has 0 bridgehead atoms. The Hall–Kier alpha value is -2.37. The Morgan fingerprint density at radius 2 is 2.28 bits per heavy atom. The molecular formula is C12H12FN3O2. The second-order valence-electron chi connectivity index (χ2n) is 3.66. The molecule has 6 heteroatoms. The van der Waals surface area contributed by atoms with Crippen LogP contribution in [0.4, 0.5) is 10.3 Å². The SMILES string of the molecule is COc1ccc(F)cc1C(=O)Nc1nccn1C. The molecule has 1 aromatic carbocycles. The summed E-state index contributed by atoms with van der Waals surface area (Å²) in [6.45, 7) is 0. The molecule has 2 rings (SSSR count). The monoisotopic (exact) mass is 249 g/mol. The van der Waals surface area contributed by atoms with E-state index in [9.17, 15) is 9.18 Å². The molecule has 0 radical (unpaired) electrons. The van der Waals surface area contributed by atoms with Crippen molar-refractivity contribution in [2.45, 2.75) is 0 Å². The molecule has 0 atom stereocenters. The number of carbonyl (C=O) groups is 1. The summed E-state index contributed by atoms with van der Waals surface area (Å²) in [5.41, 5.74) is 0.125. The molecular weight excluding hydrogens is 237 g/mol. The van der Waals surface area contributed by atoms with Crippen LogP contribution in [0.1, 0.15) is 10.4 Å². The zero-order valence-electron chi connectivity index (χ0n) is 9.98. The van der Waals surface area contributed by atoms with Crippen LogP contribution in [0.15, 0.2) is 30.6 Å². The minimum Gasteiger partial charge on any atom is -0.496 e. The lowest BCUT2D eigenvalue weighted by Gasteiger charge is -2.09. The number of benzene rings is 1. The number of aryl methyl sites for hydroxylation is 1. The van der Waals surface area contributed by atoms with Crippen molar-refractivity contribution in [1.82, 2.24) is 9.55 Å². The number of rotatable bonds is 3. The first-order valence-corrected chi connectivity index (χ1v) is 5.24. The van der Waals surface area contributed by atoms with Gasteiger partial charge in [-0.2, -0.15) is 0 Å². The van der Waals surface area contributed by atoms with Crippen molar-refractivity contribution in [2.24, 2.45) is 7.05 Å². The van der Waals surface area contributed by atoms with E-state index in [0.29, 0.717) is 11.7 Å². The van der Waals surface area contributed by atoms with E-state index in [1.54, 1.807) is 24.0 Å². The summed E-state index contributed by atoms with van der Waals surface area (Å²) in [7, 11) is 3.16. The predicted molar refractivity (Wildman–Crippen MR) is 64.1 cm³/mol. The molecule has 94 valence electrons. The number of imidazole rings is 1. The van der Waals surface area contributed by atoms with Crippen LogP contribution in [0.25, 0.3) is 0 Å². The Balaban J connectivity index is 2.29. The minimum atomic E-state index is -0.499. The number of aromatic nitrogens is 2. The highest BCUT2D eigenvalue weighted by atomic mass is 19.1. The summed E-state index contributed by atoms with van der Waals surface area (Å²) in [6, 6.07) is 3.76. The van der Waals surface area contributed by atoms with Gasteiger partial charge >= 0.3 is 0 Å². The quantitative estimate of drug-likeness (QED) is 0.902. The second kappa shape index (κ2) is 4.87. The van der Waals surface area contributed by atoms with Crippen molar-refractivity contribution in [3.05, 3.63) is 42.0 Å². The molecule has 0 unspecified atom stereocenters. The largest absolute Gasteiger partial charge is 0.496 e. The minimum absolute atomic E-state index is 0.125. The van der Waals surface area contributed by atoms with Crippen LogP contribution in [-0.4, -0.2) is 22.6 Å². The van der Waals surface area contributed by atoms with Gasteiger partial charge in [0.05, 0.1) is 12.7 Å². The average Bonchev–Trinajstić information content (AvgIpc) is 2.75. The number of methoxy groups -OCH3 is 1. The first kappa shape index (κ1) is 12.1. The number of carbonyl (C=O) groups excluding carboxylic acids is 1. The van der Waals surface area contributed by atoms with Crippen LogP contribution >= 0.6 is 0 Å². The smallest absolute Gasteiger partial charge is 0.261 e. The Morgan fingerprint density at radius 3 is 2.89 bits per heavy atom. The Labute approximate surface area is 103 Å². The maximum absolute atomic E-state index is 13.1. The fourth-order valence-corrected chi connectivity index (χ4v) is 1.51. The Kier molecular flexibility index (Phi) is 3.27. The summed E-state index contributed by atoms with van der Waals surface area (Å²) < 4.78 is 19.8. The van der Waals surface area contributed by atoms with Gasteiger partial charge in [0.25, 0.3) is 5.91 Å². The number of hydrogen-bond donors (Lipinski definition) is 1. The molecule has 1 heterocycles. The van der Waals surface area contributed by atoms with Gasteiger partial charge in [0.2, 0.25) is 5.95 Å². The number of nitrogens with zero attached hydrogens (tertiary/aromatic N) is 2. The van der Waals surface area contributed by atoms with E-state index in [0.717, 1.165) is 6.07 Å². The van der Waals surface area contributed by atoms with Gasteiger partial charge in [-0.1, -0.05) is 0 Å². The maximum atomic E-state index is 13.1. The summed E-state index contributed by atoms with van der Waals surface area (Å²) in [4.78, 5) is 15.9. The molecule has 0 aliphatic carbocycles. The fourth-order valence-electron chi connectivity index (χ4n) is 1.51. The fraction of sp³-hybridized carbons (Fsp3) is 0.167. The topological polar surface area (TPSA) is 56.1 Å². The zero-order chi connectivity index (χ0) is 13.1. The van der Waals surface area contributed by atoms with Crippen molar-refractivity contribution in [2.75, 3.05) is 12.4 Å². The zero-order valence-corrected chi connectivity index (χ0v) is 9.98. The summed E-state index contributed by atoms with van der Waals surface area (Å²) >= 11 is 0. The van der Waals surface area contributed by atoms with Crippen LogP contribution in [0.5, 0.6) is 5.75 Å². The van der Waals surface area contributed by atoms with Gasteiger partial charge in [-0.05, 0) is 18.2 Å². The third kappa shape index (κ3) is 2.32. The molecule has 0 aliphatic rings. The molecule has 2 aromatic rings. The van der Waals surface area contributed by atoms with Crippen molar-refractivity contribution < 1.29 is 13.9 Å². The molecule has 18 heavy (non-hydrogen) atoms. The number of nitrogens with one attached hydrogen (secondary N) is 1. The third-order valence-electron chi connectivity index (χ3n) is 2.45. The number of ether oxygens (including phenoxy) is 1. The summed E-state index contributed by atoms with van der Waals surface area (Å²) in [5.74, 6) is -0.282.